The van der Waals surface area contributed by atoms with Crippen molar-refractivity contribution in [2.75, 3.05) is 27.3 Å². The minimum atomic E-state index is -0.139. The fraction of sp³-hybridized carbons (Fsp3) is 0.385. The number of piperidine rings is 1. The number of methoxy groups -OCH3 is 2. The third-order valence-corrected chi connectivity index (χ3v) is 5.90. The van der Waals surface area contributed by atoms with Crippen LogP contribution in [0.5, 0.6) is 11.5 Å². The molecule has 0 aliphatic carbocycles. The Morgan fingerprint density at radius 3 is 2.38 bits per heavy atom. The molecule has 2 aromatic rings. The first-order chi connectivity index (χ1) is 15.5. The van der Waals surface area contributed by atoms with Gasteiger partial charge in [-0.05, 0) is 48.6 Å². The molecule has 0 spiro atoms. The Balaban J connectivity index is 1.50. The molecule has 1 N–H and O–H groups in total. The van der Waals surface area contributed by atoms with Crippen LogP contribution in [0.15, 0.2) is 54.6 Å². The lowest BCUT2D eigenvalue weighted by Gasteiger charge is -2.34. The zero-order valence-electron chi connectivity index (χ0n) is 19.0. The fourth-order valence-electron chi connectivity index (χ4n) is 4.08. The second-order valence-electron chi connectivity index (χ2n) is 7.93. The van der Waals surface area contributed by atoms with Crippen LogP contribution in [0.3, 0.4) is 0 Å². The Bertz CT molecular complexity index is 934. The molecule has 32 heavy (non-hydrogen) atoms. The van der Waals surface area contributed by atoms with E-state index in [0.29, 0.717) is 24.6 Å². The molecule has 1 unspecified atom stereocenters. The number of carbonyl (C=O) groups excluding carboxylic acids is 2. The van der Waals surface area contributed by atoms with E-state index < -0.39 is 0 Å². The maximum Gasteiger partial charge on any atom is 0.244 e. The maximum absolute atomic E-state index is 13.0. The van der Waals surface area contributed by atoms with Crippen LogP contribution in [0.1, 0.15) is 43.2 Å². The molecule has 0 bridgehead atoms. The summed E-state index contributed by atoms with van der Waals surface area (Å²) < 4.78 is 10.5. The van der Waals surface area contributed by atoms with Gasteiger partial charge in [0, 0.05) is 25.2 Å². The number of hydrogen-bond donors (Lipinski definition) is 1. The molecule has 1 atom stereocenters. The fourth-order valence-corrected chi connectivity index (χ4v) is 4.08. The van der Waals surface area contributed by atoms with E-state index in [-0.39, 0.29) is 23.8 Å². The Labute approximate surface area is 190 Å². The van der Waals surface area contributed by atoms with Crippen molar-refractivity contribution in [3.63, 3.8) is 0 Å². The van der Waals surface area contributed by atoms with E-state index in [1.165, 1.54) is 6.08 Å². The molecule has 1 fully saturated rings. The molecule has 6 heteroatoms. The molecule has 2 amide bonds. The largest absolute Gasteiger partial charge is 0.493 e. The van der Waals surface area contributed by atoms with Crippen molar-refractivity contribution in [3.8, 4) is 11.5 Å². The molecule has 0 saturated carbocycles. The van der Waals surface area contributed by atoms with Gasteiger partial charge in [-0.15, -0.1) is 0 Å². The summed E-state index contributed by atoms with van der Waals surface area (Å²) in [5.74, 6) is 1.20. The van der Waals surface area contributed by atoms with E-state index in [1.807, 2.05) is 60.4 Å². The van der Waals surface area contributed by atoms with Crippen molar-refractivity contribution in [2.24, 2.45) is 0 Å². The summed E-state index contributed by atoms with van der Waals surface area (Å²) in [5, 5.41) is 3.05. The lowest BCUT2D eigenvalue weighted by Crippen LogP contribution is -2.47. The zero-order chi connectivity index (χ0) is 22.9. The molecule has 1 saturated heterocycles. The summed E-state index contributed by atoms with van der Waals surface area (Å²) in [4.78, 5) is 27.3. The second-order valence-corrected chi connectivity index (χ2v) is 7.93. The number of rotatable bonds is 8. The molecule has 1 heterocycles. The highest BCUT2D eigenvalue weighted by molar-refractivity contribution is 5.92. The van der Waals surface area contributed by atoms with Crippen LogP contribution >= 0.6 is 0 Å². The topological polar surface area (TPSA) is 67.9 Å². The summed E-state index contributed by atoms with van der Waals surface area (Å²) >= 11 is 0. The van der Waals surface area contributed by atoms with Crippen LogP contribution < -0.4 is 14.8 Å². The summed E-state index contributed by atoms with van der Waals surface area (Å²) in [6, 6.07) is 15.5. The van der Waals surface area contributed by atoms with Crippen molar-refractivity contribution in [3.05, 3.63) is 65.7 Å². The van der Waals surface area contributed by atoms with E-state index in [9.17, 15) is 9.59 Å². The van der Waals surface area contributed by atoms with E-state index >= 15 is 0 Å². The number of carbonyl (C=O) groups is 2. The first-order valence-electron chi connectivity index (χ1n) is 11.1. The minimum Gasteiger partial charge on any atom is -0.493 e. The maximum atomic E-state index is 13.0. The molecule has 170 valence electrons. The van der Waals surface area contributed by atoms with Gasteiger partial charge in [0.1, 0.15) is 0 Å². The number of amides is 2. The highest BCUT2D eigenvalue weighted by Crippen LogP contribution is 2.28. The third kappa shape index (κ3) is 5.90. The van der Waals surface area contributed by atoms with Crippen molar-refractivity contribution in [1.29, 1.82) is 0 Å². The molecule has 0 aromatic heterocycles. The monoisotopic (exact) mass is 436 g/mol. The highest BCUT2D eigenvalue weighted by Gasteiger charge is 2.28. The average Bonchev–Trinajstić information content (AvgIpc) is 2.84. The van der Waals surface area contributed by atoms with Gasteiger partial charge in [-0.25, -0.2) is 0 Å². The van der Waals surface area contributed by atoms with Gasteiger partial charge in [-0.1, -0.05) is 43.3 Å². The Morgan fingerprint density at radius 1 is 1.06 bits per heavy atom. The SMILES string of the molecule is CCC(C(=O)N1CCC(NC(=O)C=Cc2ccc(OC)c(OC)c2)CC1)c1ccccc1. The molecular formula is C26H32N2O4. The van der Waals surface area contributed by atoms with Crippen LogP contribution in [0.25, 0.3) is 6.08 Å². The number of likely N-dealkylation sites (tertiary alicyclic amines) is 1. The number of nitrogens with one attached hydrogen (secondary N) is 1. The van der Waals surface area contributed by atoms with Crippen molar-refractivity contribution in [2.45, 2.75) is 38.1 Å². The second kappa shape index (κ2) is 11.4. The first-order valence-corrected chi connectivity index (χ1v) is 11.1. The first kappa shape index (κ1) is 23.4. The van der Waals surface area contributed by atoms with Crippen LogP contribution in [0, 0.1) is 0 Å². The zero-order valence-corrected chi connectivity index (χ0v) is 19.0. The van der Waals surface area contributed by atoms with Gasteiger partial charge < -0.3 is 19.7 Å². The van der Waals surface area contributed by atoms with Crippen molar-refractivity contribution >= 4 is 17.9 Å². The molecule has 2 aromatic carbocycles. The number of hydrogen-bond acceptors (Lipinski definition) is 4. The Hall–Kier alpha value is -3.28. The van der Waals surface area contributed by atoms with Gasteiger partial charge in [-0.3, -0.25) is 9.59 Å². The Morgan fingerprint density at radius 2 is 1.75 bits per heavy atom. The van der Waals surface area contributed by atoms with E-state index in [1.54, 1.807) is 20.3 Å². The minimum absolute atomic E-state index is 0.0680. The summed E-state index contributed by atoms with van der Waals surface area (Å²) in [5.41, 5.74) is 1.92. The molecule has 1 aliphatic rings. The highest BCUT2D eigenvalue weighted by atomic mass is 16.5. The van der Waals surface area contributed by atoms with Gasteiger partial charge in [0.15, 0.2) is 11.5 Å². The molecular weight excluding hydrogens is 404 g/mol. The number of ether oxygens (including phenoxy) is 2. The standard InChI is InChI=1S/C26H32N2O4/c1-4-22(20-8-6-5-7-9-20)26(30)28-16-14-21(15-17-28)27-25(29)13-11-19-10-12-23(31-2)24(18-19)32-3/h5-13,18,21-22H,4,14-17H2,1-3H3,(H,27,29). The Kier molecular flexibility index (Phi) is 8.31. The number of benzene rings is 2. The van der Waals surface area contributed by atoms with Crippen molar-refractivity contribution in [1.82, 2.24) is 10.2 Å². The van der Waals surface area contributed by atoms with Crippen LogP contribution in [-0.2, 0) is 9.59 Å². The summed E-state index contributed by atoms with van der Waals surface area (Å²) in [6.45, 7) is 3.37. The van der Waals surface area contributed by atoms with Gasteiger partial charge >= 0.3 is 0 Å². The van der Waals surface area contributed by atoms with Gasteiger partial charge in [0.25, 0.3) is 0 Å². The number of nitrogens with zero attached hydrogens (tertiary/aromatic N) is 1. The molecule has 6 nitrogen and oxygen atoms in total. The van der Waals surface area contributed by atoms with Crippen LogP contribution in [0.2, 0.25) is 0 Å². The average molecular weight is 437 g/mol. The lowest BCUT2D eigenvalue weighted by atomic mass is 9.93. The molecule has 0 radical (unpaired) electrons. The predicted octanol–water partition coefficient (Wildman–Crippen LogP) is 4.02. The lowest BCUT2D eigenvalue weighted by molar-refractivity contribution is -0.134. The van der Waals surface area contributed by atoms with Gasteiger partial charge in [-0.2, -0.15) is 0 Å². The smallest absolute Gasteiger partial charge is 0.244 e. The third-order valence-electron chi connectivity index (χ3n) is 5.90. The van der Waals surface area contributed by atoms with Gasteiger partial charge in [0.05, 0.1) is 20.1 Å². The van der Waals surface area contributed by atoms with Gasteiger partial charge in [0.2, 0.25) is 11.8 Å². The van der Waals surface area contributed by atoms with E-state index in [4.69, 9.17) is 9.47 Å². The van der Waals surface area contributed by atoms with Crippen molar-refractivity contribution < 1.29 is 19.1 Å². The van der Waals surface area contributed by atoms with E-state index in [0.717, 1.165) is 30.4 Å². The quantitative estimate of drug-likeness (QED) is 0.635. The predicted molar refractivity (Wildman–Crippen MR) is 126 cm³/mol. The summed E-state index contributed by atoms with van der Waals surface area (Å²) in [7, 11) is 3.17. The summed E-state index contributed by atoms with van der Waals surface area (Å²) in [6.07, 6.45) is 5.57. The molecule has 1 aliphatic heterocycles. The molecule has 3 rings (SSSR count). The van der Waals surface area contributed by atoms with Crippen LogP contribution in [0.4, 0.5) is 0 Å². The van der Waals surface area contributed by atoms with E-state index in [2.05, 4.69) is 5.32 Å². The van der Waals surface area contributed by atoms with Crippen LogP contribution in [-0.4, -0.2) is 50.1 Å². The normalized spacial score (nSPS) is 15.4.